The summed E-state index contributed by atoms with van der Waals surface area (Å²) in [7, 11) is 0. The molecule has 1 rings (SSSR count). The molecular formula is C12H16ClN. The van der Waals surface area contributed by atoms with Crippen molar-refractivity contribution in [2.24, 2.45) is 10.9 Å². The van der Waals surface area contributed by atoms with Crippen molar-refractivity contribution in [2.45, 2.75) is 20.8 Å². The monoisotopic (exact) mass is 209 g/mol. The highest BCUT2D eigenvalue weighted by Gasteiger charge is 1.97. The maximum Gasteiger partial charge on any atom is 0.0415 e. The highest BCUT2D eigenvalue weighted by atomic mass is 35.5. The highest BCUT2D eigenvalue weighted by molar-refractivity contribution is 6.30. The first-order valence-corrected chi connectivity index (χ1v) is 5.24. The van der Waals surface area contributed by atoms with Crippen LogP contribution < -0.4 is 0 Å². The number of hydrogen-bond donors (Lipinski definition) is 0. The molecule has 0 radical (unpaired) electrons. The zero-order chi connectivity index (χ0) is 10.6. The molecule has 0 fully saturated rings. The molecule has 0 heterocycles. The smallest absolute Gasteiger partial charge is 0.0415 e. The van der Waals surface area contributed by atoms with E-state index in [0.29, 0.717) is 5.92 Å². The van der Waals surface area contributed by atoms with Crippen LogP contribution >= 0.6 is 11.6 Å². The zero-order valence-corrected chi connectivity index (χ0v) is 9.67. The second-order valence-electron chi connectivity index (χ2n) is 3.83. The lowest BCUT2D eigenvalue weighted by Crippen LogP contribution is -1.99. The van der Waals surface area contributed by atoms with Gasteiger partial charge in [-0.1, -0.05) is 37.6 Å². The minimum atomic E-state index is 0.609. The Labute approximate surface area is 90.8 Å². The first-order valence-electron chi connectivity index (χ1n) is 4.86. The van der Waals surface area contributed by atoms with E-state index >= 15 is 0 Å². The predicted molar refractivity (Wildman–Crippen MR) is 63.4 cm³/mol. The zero-order valence-electron chi connectivity index (χ0n) is 8.92. The highest BCUT2D eigenvalue weighted by Crippen LogP contribution is 2.10. The molecule has 0 saturated heterocycles. The van der Waals surface area contributed by atoms with Gasteiger partial charge in [-0.25, -0.2) is 0 Å². The summed E-state index contributed by atoms with van der Waals surface area (Å²) in [6, 6.07) is 7.79. The topological polar surface area (TPSA) is 12.4 Å². The van der Waals surface area contributed by atoms with Gasteiger partial charge in [0.05, 0.1) is 0 Å². The maximum atomic E-state index is 5.80. The van der Waals surface area contributed by atoms with E-state index in [9.17, 15) is 0 Å². The molecule has 0 unspecified atom stereocenters. The molecule has 1 aromatic rings. The van der Waals surface area contributed by atoms with Crippen molar-refractivity contribution in [1.82, 2.24) is 0 Å². The van der Waals surface area contributed by atoms with Gasteiger partial charge in [0.1, 0.15) is 0 Å². The van der Waals surface area contributed by atoms with E-state index in [2.05, 4.69) is 18.8 Å². The maximum absolute atomic E-state index is 5.80. The normalized spacial score (nSPS) is 12.2. The molecule has 0 aliphatic rings. The third-order valence-corrected chi connectivity index (χ3v) is 2.21. The van der Waals surface area contributed by atoms with Crippen molar-refractivity contribution in [2.75, 3.05) is 6.54 Å². The molecule has 76 valence electrons. The van der Waals surface area contributed by atoms with Crippen LogP contribution in [0.3, 0.4) is 0 Å². The Kier molecular flexibility index (Phi) is 4.15. The molecule has 0 aliphatic heterocycles. The van der Waals surface area contributed by atoms with Crippen LogP contribution in [0.2, 0.25) is 5.02 Å². The van der Waals surface area contributed by atoms with E-state index in [-0.39, 0.29) is 0 Å². The molecule has 0 saturated carbocycles. The van der Waals surface area contributed by atoms with Crippen LogP contribution in [0.4, 0.5) is 0 Å². The van der Waals surface area contributed by atoms with Crippen molar-refractivity contribution in [3.05, 3.63) is 34.9 Å². The predicted octanol–water partition coefficient (Wildman–Crippen LogP) is 3.81. The first-order chi connectivity index (χ1) is 6.59. The summed E-state index contributed by atoms with van der Waals surface area (Å²) in [5.74, 6) is 0.609. The van der Waals surface area contributed by atoms with Gasteiger partial charge in [0.2, 0.25) is 0 Å². The lowest BCUT2D eigenvalue weighted by molar-refractivity contribution is 0.665. The van der Waals surface area contributed by atoms with E-state index < -0.39 is 0 Å². The minimum Gasteiger partial charge on any atom is -0.289 e. The van der Waals surface area contributed by atoms with Crippen molar-refractivity contribution < 1.29 is 0 Å². The summed E-state index contributed by atoms with van der Waals surface area (Å²) in [5, 5.41) is 0.769. The summed E-state index contributed by atoms with van der Waals surface area (Å²) in [4.78, 5) is 4.50. The van der Waals surface area contributed by atoms with Gasteiger partial charge < -0.3 is 0 Å². The lowest BCUT2D eigenvalue weighted by atomic mass is 10.1. The summed E-state index contributed by atoms with van der Waals surface area (Å²) >= 11 is 5.80. The lowest BCUT2D eigenvalue weighted by Gasteiger charge is -2.03. The van der Waals surface area contributed by atoms with Gasteiger partial charge in [-0.05, 0) is 30.5 Å². The number of benzene rings is 1. The van der Waals surface area contributed by atoms with E-state index in [1.165, 1.54) is 0 Å². The molecular weight excluding hydrogens is 194 g/mol. The molecule has 14 heavy (non-hydrogen) atoms. The molecule has 0 spiro atoms. The summed E-state index contributed by atoms with van der Waals surface area (Å²) < 4.78 is 0. The SMILES string of the molecule is CC(=NCC(C)C)c1ccc(Cl)cc1. The molecule has 0 bridgehead atoms. The van der Waals surface area contributed by atoms with Crippen LogP contribution in [-0.2, 0) is 0 Å². The Bertz CT molecular complexity index is 312. The van der Waals surface area contributed by atoms with E-state index in [1.54, 1.807) is 0 Å². The van der Waals surface area contributed by atoms with Gasteiger partial charge >= 0.3 is 0 Å². The Morgan fingerprint density at radius 3 is 2.36 bits per heavy atom. The van der Waals surface area contributed by atoms with Gasteiger partial charge in [-0.3, -0.25) is 4.99 Å². The van der Waals surface area contributed by atoms with Crippen LogP contribution in [-0.4, -0.2) is 12.3 Å². The molecule has 0 aromatic heterocycles. The summed E-state index contributed by atoms with van der Waals surface area (Å²) in [5.41, 5.74) is 2.23. The molecule has 0 aliphatic carbocycles. The molecule has 0 N–H and O–H groups in total. The Hall–Kier alpha value is -0.820. The second-order valence-corrected chi connectivity index (χ2v) is 4.26. The van der Waals surface area contributed by atoms with E-state index in [4.69, 9.17) is 11.6 Å². The van der Waals surface area contributed by atoms with Gasteiger partial charge in [0.25, 0.3) is 0 Å². The van der Waals surface area contributed by atoms with Crippen LogP contribution in [0.15, 0.2) is 29.3 Å². The number of aliphatic imine (C=N–C) groups is 1. The van der Waals surface area contributed by atoms with Crippen LogP contribution in [0, 0.1) is 5.92 Å². The third-order valence-electron chi connectivity index (χ3n) is 1.96. The van der Waals surface area contributed by atoms with Gasteiger partial charge in [0, 0.05) is 17.3 Å². The largest absolute Gasteiger partial charge is 0.289 e. The fraction of sp³-hybridized carbons (Fsp3) is 0.417. The summed E-state index contributed by atoms with van der Waals surface area (Å²) in [6.07, 6.45) is 0. The molecule has 0 amide bonds. The minimum absolute atomic E-state index is 0.609. The average Bonchev–Trinajstić information content (AvgIpc) is 2.15. The van der Waals surface area contributed by atoms with Crippen LogP contribution in [0.1, 0.15) is 26.3 Å². The van der Waals surface area contributed by atoms with Gasteiger partial charge in [-0.2, -0.15) is 0 Å². The molecule has 1 nitrogen and oxygen atoms in total. The quantitative estimate of drug-likeness (QED) is 0.672. The van der Waals surface area contributed by atoms with Crippen molar-refractivity contribution >= 4 is 17.3 Å². The van der Waals surface area contributed by atoms with E-state index in [0.717, 1.165) is 22.8 Å². The first kappa shape index (κ1) is 11.3. The van der Waals surface area contributed by atoms with Gasteiger partial charge in [0.15, 0.2) is 0 Å². The van der Waals surface area contributed by atoms with Crippen molar-refractivity contribution in [1.29, 1.82) is 0 Å². The second kappa shape index (κ2) is 5.16. The van der Waals surface area contributed by atoms with Crippen molar-refractivity contribution in [3.8, 4) is 0 Å². The van der Waals surface area contributed by atoms with Crippen LogP contribution in [0.5, 0.6) is 0 Å². The molecule has 2 heteroatoms. The Balaban J connectivity index is 2.73. The number of nitrogens with zero attached hydrogens (tertiary/aromatic N) is 1. The number of hydrogen-bond acceptors (Lipinski definition) is 1. The summed E-state index contributed by atoms with van der Waals surface area (Å²) in [6.45, 7) is 7.25. The van der Waals surface area contributed by atoms with Crippen molar-refractivity contribution in [3.63, 3.8) is 0 Å². The Morgan fingerprint density at radius 2 is 1.86 bits per heavy atom. The molecule has 0 atom stereocenters. The van der Waals surface area contributed by atoms with Gasteiger partial charge in [-0.15, -0.1) is 0 Å². The van der Waals surface area contributed by atoms with E-state index in [1.807, 2.05) is 31.2 Å². The average molecular weight is 210 g/mol. The Morgan fingerprint density at radius 1 is 1.29 bits per heavy atom. The third kappa shape index (κ3) is 3.51. The standard InChI is InChI=1S/C12H16ClN/c1-9(2)8-14-10(3)11-4-6-12(13)7-5-11/h4-7,9H,8H2,1-3H3. The molecule has 1 aromatic carbocycles. The van der Waals surface area contributed by atoms with Crippen LogP contribution in [0.25, 0.3) is 0 Å². The number of halogens is 1. The fourth-order valence-corrected chi connectivity index (χ4v) is 1.23. The fourth-order valence-electron chi connectivity index (χ4n) is 1.10. The number of rotatable bonds is 3.